The Morgan fingerprint density at radius 1 is 1.50 bits per heavy atom. The number of carbonyl (C=O) groups is 1. The number of hydrogen-bond acceptors (Lipinski definition) is 3. The molecular formula is C15H20FNO3. The third kappa shape index (κ3) is 3.10. The predicted molar refractivity (Wildman–Crippen MR) is 72.8 cm³/mol. The zero-order valence-corrected chi connectivity index (χ0v) is 11.7. The quantitative estimate of drug-likeness (QED) is 0.866. The molecule has 0 heterocycles. The minimum absolute atomic E-state index is 0.0153. The largest absolute Gasteiger partial charge is 0.490 e. The van der Waals surface area contributed by atoms with Crippen molar-refractivity contribution in [2.24, 2.45) is 5.41 Å². The number of carbonyl (C=O) groups excluding carboxylic acids is 1. The van der Waals surface area contributed by atoms with Gasteiger partial charge >= 0.3 is 0 Å². The average Bonchev–Trinajstić information content (AvgIpc) is 2.41. The topological polar surface area (TPSA) is 58.6 Å². The smallest absolute Gasteiger partial charge is 0.223 e. The summed E-state index contributed by atoms with van der Waals surface area (Å²) in [6, 6.07) is 6.08. The highest BCUT2D eigenvalue weighted by Crippen LogP contribution is 2.40. The summed E-state index contributed by atoms with van der Waals surface area (Å²) in [5.41, 5.74) is -0.290. The minimum atomic E-state index is -0.434. The van der Waals surface area contributed by atoms with Crippen molar-refractivity contribution in [3.8, 4) is 5.75 Å². The number of halogens is 1. The summed E-state index contributed by atoms with van der Waals surface area (Å²) in [6.07, 6.45) is 0.367. The average molecular weight is 281 g/mol. The standard InChI is InChI=1S/C15H20FNO3/c1-15(2)12(9-13(15)18)17-14(19)7-8-20-11-6-4-3-5-10(11)16/h3-6,12-13,18H,7-9H2,1-2H3,(H,17,19). The molecule has 0 radical (unpaired) electrons. The highest BCUT2D eigenvalue weighted by molar-refractivity contribution is 5.76. The molecule has 1 amide bonds. The van der Waals surface area contributed by atoms with Gasteiger partial charge in [-0.2, -0.15) is 0 Å². The van der Waals surface area contributed by atoms with E-state index in [1.54, 1.807) is 12.1 Å². The van der Waals surface area contributed by atoms with E-state index in [0.29, 0.717) is 6.42 Å². The van der Waals surface area contributed by atoms with Gasteiger partial charge in [0.05, 0.1) is 19.1 Å². The molecule has 1 saturated carbocycles. The van der Waals surface area contributed by atoms with E-state index < -0.39 is 5.82 Å². The zero-order valence-electron chi connectivity index (χ0n) is 11.7. The molecule has 2 atom stereocenters. The Bertz CT molecular complexity index is 490. The minimum Gasteiger partial charge on any atom is -0.490 e. The lowest BCUT2D eigenvalue weighted by Crippen LogP contribution is -2.61. The molecule has 4 nitrogen and oxygen atoms in total. The van der Waals surface area contributed by atoms with Crippen LogP contribution >= 0.6 is 0 Å². The summed E-state index contributed by atoms with van der Waals surface area (Å²) >= 11 is 0. The van der Waals surface area contributed by atoms with Crippen LogP contribution in [0.4, 0.5) is 4.39 Å². The fourth-order valence-electron chi connectivity index (χ4n) is 2.23. The fraction of sp³-hybridized carbons (Fsp3) is 0.533. The SMILES string of the molecule is CC1(C)C(O)CC1NC(=O)CCOc1ccccc1F. The molecule has 1 aromatic rings. The van der Waals surface area contributed by atoms with Crippen LogP contribution in [0.5, 0.6) is 5.75 Å². The number of nitrogens with one attached hydrogen (secondary N) is 1. The molecule has 2 rings (SSSR count). The zero-order chi connectivity index (χ0) is 14.8. The van der Waals surface area contributed by atoms with Gasteiger partial charge < -0.3 is 15.2 Å². The third-order valence-electron chi connectivity index (χ3n) is 3.97. The summed E-state index contributed by atoms with van der Waals surface area (Å²) in [7, 11) is 0. The van der Waals surface area contributed by atoms with Crippen LogP contribution < -0.4 is 10.1 Å². The first kappa shape index (κ1) is 14.8. The van der Waals surface area contributed by atoms with E-state index in [9.17, 15) is 14.3 Å². The monoisotopic (exact) mass is 281 g/mol. The first-order valence-electron chi connectivity index (χ1n) is 6.76. The molecular weight excluding hydrogens is 261 g/mol. The number of aliphatic hydroxyl groups excluding tert-OH is 1. The van der Waals surface area contributed by atoms with Gasteiger partial charge in [0.1, 0.15) is 0 Å². The Morgan fingerprint density at radius 3 is 2.80 bits per heavy atom. The summed E-state index contributed by atoms with van der Waals surface area (Å²) < 4.78 is 18.5. The van der Waals surface area contributed by atoms with Gasteiger partial charge in [-0.25, -0.2) is 4.39 Å². The van der Waals surface area contributed by atoms with Crippen LogP contribution in [0, 0.1) is 11.2 Å². The van der Waals surface area contributed by atoms with Crippen LogP contribution in [-0.2, 0) is 4.79 Å². The van der Waals surface area contributed by atoms with Crippen molar-refractivity contribution in [2.45, 2.75) is 38.8 Å². The van der Waals surface area contributed by atoms with Crippen LogP contribution in [0.15, 0.2) is 24.3 Å². The lowest BCUT2D eigenvalue weighted by molar-refractivity contribution is -0.129. The van der Waals surface area contributed by atoms with Gasteiger partial charge in [0.15, 0.2) is 11.6 Å². The van der Waals surface area contributed by atoms with Crippen molar-refractivity contribution in [3.63, 3.8) is 0 Å². The second-order valence-corrected chi connectivity index (χ2v) is 5.72. The Hall–Kier alpha value is -1.62. The van der Waals surface area contributed by atoms with E-state index >= 15 is 0 Å². The first-order chi connectivity index (χ1) is 9.41. The molecule has 2 unspecified atom stereocenters. The molecule has 1 fully saturated rings. The van der Waals surface area contributed by atoms with Crippen molar-refractivity contribution in [2.75, 3.05) is 6.61 Å². The van der Waals surface area contributed by atoms with Gasteiger partial charge in [-0.15, -0.1) is 0 Å². The van der Waals surface area contributed by atoms with Gasteiger partial charge in [-0.3, -0.25) is 4.79 Å². The summed E-state index contributed by atoms with van der Waals surface area (Å²) in [6.45, 7) is 3.96. The van der Waals surface area contributed by atoms with E-state index in [0.717, 1.165) is 0 Å². The molecule has 0 bridgehead atoms. The number of para-hydroxylation sites is 1. The molecule has 0 aromatic heterocycles. The molecule has 20 heavy (non-hydrogen) atoms. The van der Waals surface area contributed by atoms with Gasteiger partial charge in [-0.05, 0) is 18.6 Å². The van der Waals surface area contributed by atoms with Crippen LogP contribution in [0.25, 0.3) is 0 Å². The Morgan fingerprint density at radius 2 is 2.20 bits per heavy atom. The van der Waals surface area contributed by atoms with E-state index in [-0.39, 0.29) is 42.2 Å². The molecule has 110 valence electrons. The highest BCUT2D eigenvalue weighted by atomic mass is 19.1. The van der Waals surface area contributed by atoms with Crippen LogP contribution in [0.1, 0.15) is 26.7 Å². The third-order valence-corrected chi connectivity index (χ3v) is 3.97. The number of benzene rings is 1. The molecule has 0 aliphatic heterocycles. The van der Waals surface area contributed by atoms with Crippen LogP contribution in [0.3, 0.4) is 0 Å². The number of rotatable bonds is 5. The lowest BCUT2D eigenvalue weighted by atomic mass is 9.64. The molecule has 1 aromatic carbocycles. The van der Waals surface area contributed by atoms with Crippen molar-refractivity contribution in [1.29, 1.82) is 0 Å². The van der Waals surface area contributed by atoms with Crippen LogP contribution in [0.2, 0.25) is 0 Å². The van der Waals surface area contributed by atoms with Crippen molar-refractivity contribution < 1.29 is 19.0 Å². The Kier molecular flexibility index (Phi) is 4.28. The summed E-state index contributed by atoms with van der Waals surface area (Å²) in [4.78, 5) is 11.7. The first-order valence-corrected chi connectivity index (χ1v) is 6.76. The summed E-state index contributed by atoms with van der Waals surface area (Å²) in [5.74, 6) is -0.429. The van der Waals surface area contributed by atoms with Gasteiger partial charge in [-0.1, -0.05) is 26.0 Å². The van der Waals surface area contributed by atoms with Crippen molar-refractivity contribution in [3.05, 3.63) is 30.1 Å². The maximum absolute atomic E-state index is 13.3. The normalized spacial score (nSPS) is 23.8. The second-order valence-electron chi connectivity index (χ2n) is 5.72. The van der Waals surface area contributed by atoms with Crippen molar-refractivity contribution in [1.82, 2.24) is 5.32 Å². The van der Waals surface area contributed by atoms with Gasteiger partial charge in [0, 0.05) is 11.5 Å². The fourth-order valence-corrected chi connectivity index (χ4v) is 2.23. The maximum atomic E-state index is 13.3. The Labute approximate surface area is 117 Å². The van der Waals surface area contributed by atoms with E-state index in [2.05, 4.69) is 5.32 Å². The molecule has 1 aliphatic rings. The molecule has 2 N–H and O–H groups in total. The van der Waals surface area contributed by atoms with Gasteiger partial charge in [0.2, 0.25) is 5.91 Å². The summed E-state index contributed by atoms with van der Waals surface area (Å²) in [5, 5.41) is 12.5. The van der Waals surface area contributed by atoms with Crippen molar-refractivity contribution >= 4 is 5.91 Å². The van der Waals surface area contributed by atoms with E-state index in [1.807, 2.05) is 13.8 Å². The van der Waals surface area contributed by atoms with Gasteiger partial charge in [0.25, 0.3) is 0 Å². The predicted octanol–water partition coefficient (Wildman–Crippen LogP) is 1.87. The molecule has 5 heteroatoms. The Balaban J connectivity index is 1.73. The number of amides is 1. The second kappa shape index (κ2) is 5.79. The van der Waals surface area contributed by atoms with Crippen LogP contribution in [-0.4, -0.2) is 29.8 Å². The number of ether oxygens (including phenoxy) is 1. The number of aliphatic hydroxyl groups is 1. The lowest BCUT2D eigenvalue weighted by Gasteiger charge is -2.49. The maximum Gasteiger partial charge on any atom is 0.223 e. The molecule has 0 saturated heterocycles. The molecule has 1 aliphatic carbocycles. The number of hydrogen-bond donors (Lipinski definition) is 2. The van der Waals surface area contributed by atoms with E-state index in [1.165, 1.54) is 12.1 Å². The highest BCUT2D eigenvalue weighted by Gasteiger charge is 2.47. The molecule has 0 spiro atoms. The van der Waals surface area contributed by atoms with E-state index in [4.69, 9.17) is 4.74 Å².